The van der Waals surface area contributed by atoms with Gasteiger partial charge in [0.25, 0.3) is 0 Å². The zero-order valence-corrected chi connectivity index (χ0v) is 6.53. The molecular weight excluding hydrogens is 174 g/mol. The van der Waals surface area contributed by atoms with Gasteiger partial charge in [-0.1, -0.05) is 0 Å². The zero-order valence-electron chi connectivity index (χ0n) is 5.71. The fourth-order valence-electron chi connectivity index (χ4n) is 0.897. The molecule has 0 aromatic rings. The summed E-state index contributed by atoms with van der Waals surface area (Å²) in [6, 6.07) is 0. The van der Waals surface area contributed by atoms with Crippen molar-refractivity contribution in [3.63, 3.8) is 0 Å². The maximum atomic E-state index is 8.92. The van der Waals surface area contributed by atoms with Gasteiger partial charge in [0, 0.05) is 6.54 Å². The lowest BCUT2D eigenvalue weighted by Gasteiger charge is -2.32. The lowest BCUT2D eigenvalue weighted by Crippen LogP contribution is -2.59. The number of aliphatic hydroxyl groups is 4. The summed E-state index contributed by atoms with van der Waals surface area (Å²) in [6.45, 7) is 0.0966. The second kappa shape index (κ2) is 4.20. The fraction of sp³-hybridized carbons (Fsp3) is 1.00. The van der Waals surface area contributed by atoms with E-state index in [1.54, 1.807) is 0 Å². The van der Waals surface area contributed by atoms with Crippen molar-refractivity contribution in [2.45, 2.75) is 24.5 Å². The highest BCUT2D eigenvalue weighted by atomic mass is 35.5. The lowest BCUT2D eigenvalue weighted by atomic mass is 10.0. The summed E-state index contributed by atoms with van der Waals surface area (Å²) in [7, 11) is 0. The van der Waals surface area contributed by atoms with Gasteiger partial charge in [-0.2, -0.15) is 0 Å². The Morgan fingerprint density at radius 1 is 1.00 bits per heavy atom. The van der Waals surface area contributed by atoms with E-state index in [0.29, 0.717) is 0 Å². The summed E-state index contributed by atoms with van der Waals surface area (Å²) in [5.41, 5.74) is 0. The molecule has 1 heterocycles. The monoisotopic (exact) mass is 185 g/mol. The number of rotatable bonds is 0. The van der Waals surface area contributed by atoms with Crippen molar-refractivity contribution in [2.75, 3.05) is 6.54 Å². The van der Waals surface area contributed by atoms with E-state index in [0.717, 1.165) is 0 Å². The molecule has 0 bridgehead atoms. The Kier molecular flexibility index (Phi) is 4.23. The van der Waals surface area contributed by atoms with Gasteiger partial charge in [0.15, 0.2) is 0 Å². The van der Waals surface area contributed by atoms with Crippen LogP contribution < -0.4 is 5.32 Å². The van der Waals surface area contributed by atoms with Crippen molar-refractivity contribution >= 4 is 12.4 Å². The van der Waals surface area contributed by atoms with Gasteiger partial charge < -0.3 is 20.4 Å². The molecule has 0 saturated carbocycles. The molecule has 0 aromatic carbocycles. The second-order valence-electron chi connectivity index (χ2n) is 2.40. The topological polar surface area (TPSA) is 93.0 Å². The highest BCUT2D eigenvalue weighted by Crippen LogP contribution is 2.07. The van der Waals surface area contributed by atoms with Gasteiger partial charge in [-0.15, -0.1) is 12.4 Å². The van der Waals surface area contributed by atoms with E-state index in [9.17, 15) is 0 Å². The van der Waals surface area contributed by atoms with Crippen LogP contribution >= 0.6 is 12.4 Å². The van der Waals surface area contributed by atoms with Crippen LogP contribution in [0.4, 0.5) is 0 Å². The highest BCUT2D eigenvalue weighted by Gasteiger charge is 2.34. The van der Waals surface area contributed by atoms with Gasteiger partial charge in [-0.25, -0.2) is 0 Å². The van der Waals surface area contributed by atoms with Crippen LogP contribution in [0.15, 0.2) is 0 Å². The maximum absolute atomic E-state index is 8.92. The second-order valence-corrected chi connectivity index (χ2v) is 2.40. The van der Waals surface area contributed by atoms with Crippen molar-refractivity contribution in [3.05, 3.63) is 0 Å². The van der Waals surface area contributed by atoms with E-state index in [1.165, 1.54) is 0 Å². The summed E-state index contributed by atoms with van der Waals surface area (Å²) < 4.78 is 0. The van der Waals surface area contributed by atoms with E-state index >= 15 is 0 Å². The van der Waals surface area contributed by atoms with E-state index in [-0.39, 0.29) is 19.0 Å². The summed E-state index contributed by atoms with van der Waals surface area (Å²) >= 11 is 0. The Morgan fingerprint density at radius 3 is 2.00 bits per heavy atom. The van der Waals surface area contributed by atoms with Crippen LogP contribution in [0.2, 0.25) is 0 Å². The third-order valence-corrected chi connectivity index (χ3v) is 1.60. The fourth-order valence-corrected chi connectivity index (χ4v) is 0.897. The van der Waals surface area contributed by atoms with Crippen LogP contribution in [0.3, 0.4) is 0 Å². The SMILES string of the molecule is Cl.OC1CNC(O)C(O)C1O. The van der Waals surface area contributed by atoms with Gasteiger partial charge >= 0.3 is 0 Å². The minimum Gasteiger partial charge on any atom is -0.389 e. The summed E-state index contributed by atoms with van der Waals surface area (Å²) in [5.74, 6) is 0. The number of β-amino-alcohol motifs (C(OH)–C–C–N with tert-alkyl or cyclic N) is 1. The van der Waals surface area contributed by atoms with Gasteiger partial charge in [0.05, 0.1) is 6.10 Å². The maximum Gasteiger partial charge on any atom is 0.133 e. The van der Waals surface area contributed by atoms with E-state index in [2.05, 4.69) is 5.32 Å². The molecule has 5 nitrogen and oxygen atoms in total. The molecule has 1 aliphatic rings. The Hall–Kier alpha value is 0.0900. The first-order valence-corrected chi connectivity index (χ1v) is 3.08. The van der Waals surface area contributed by atoms with Crippen molar-refractivity contribution in [1.29, 1.82) is 0 Å². The average molecular weight is 186 g/mol. The predicted molar refractivity (Wildman–Crippen MR) is 39.3 cm³/mol. The average Bonchev–Trinajstić information content (AvgIpc) is 1.93. The van der Waals surface area contributed by atoms with Crippen molar-refractivity contribution in [1.82, 2.24) is 5.32 Å². The molecule has 4 unspecified atom stereocenters. The smallest absolute Gasteiger partial charge is 0.133 e. The molecule has 0 radical (unpaired) electrons. The van der Waals surface area contributed by atoms with E-state index in [1.807, 2.05) is 0 Å². The minimum absolute atomic E-state index is 0. The molecule has 1 saturated heterocycles. The molecule has 1 aliphatic heterocycles. The molecule has 0 aromatic heterocycles. The largest absolute Gasteiger partial charge is 0.389 e. The molecule has 11 heavy (non-hydrogen) atoms. The third-order valence-electron chi connectivity index (χ3n) is 1.60. The predicted octanol–water partition coefficient (Wildman–Crippen LogP) is -2.59. The first-order chi connectivity index (χ1) is 4.63. The molecule has 6 heteroatoms. The Labute approximate surface area is 70.1 Å². The summed E-state index contributed by atoms with van der Waals surface area (Å²) in [5, 5.41) is 37.9. The molecule has 4 atom stereocenters. The number of aliphatic hydroxyl groups excluding tert-OH is 4. The first kappa shape index (κ1) is 11.1. The molecule has 5 N–H and O–H groups in total. The minimum atomic E-state index is -1.30. The summed E-state index contributed by atoms with van der Waals surface area (Å²) in [4.78, 5) is 0. The molecule has 0 amide bonds. The van der Waals surface area contributed by atoms with Crippen molar-refractivity contribution in [3.8, 4) is 0 Å². The van der Waals surface area contributed by atoms with Crippen molar-refractivity contribution in [2.24, 2.45) is 0 Å². The third kappa shape index (κ3) is 2.26. The van der Waals surface area contributed by atoms with Crippen molar-refractivity contribution < 1.29 is 20.4 Å². The standard InChI is InChI=1S/C5H11NO4.ClH/c7-2-1-6-5(10)4(9)3(2)8;/h2-10H,1H2;1H. The lowest BCUT2D eigenvalue weighted by molar-refractivity contribution is -0.139. The van der Waals surface area contributed by atoms with Crippen LogP contribution in [0.25, 0.3) is 0 Å². The van der Waals surface area contributed by atoms with Crippen LogP contribution in [0.1, 0.15) is 0 Å². The van der Waals surface area contributed by atoms with Gasteiger partial charge in [-0.05, 0) is 0 Å². The summed E-state index contributed by atoms with van der Waals surface area (Å²) in [6.07, 6.45) is -4.70. The molecule has 1 fully saturated rings. The molecular formula is C5H12ClNO4. The molecule has 0 aliphatic carbocycles. The molecule has 0 spiro atoms. The van der Waals surface area contributed by atoms with Gasteiger partial charge in [0.2, 0.25) is 0 Å². The Morgan fingerprint density at radius 2 is 1.55 bits per heavy atom. The van der Waals surface area contributed by atoms with Gasteiger partial charge in [0.1, 0.15) is 18.4 Å². The van der Waals surface area contributed by atoms with E-state index in [4.69, 9.17) is 20.4 Å². The number of hydrogen-bond acceptors (Lipinski definition) is 5. The number of piperidine rings is 1. The van der Waals surface area contributed by atoms with Crippen LogP contribution in [0, 0.1) is 0 Å². The van der Waals surface area contributed by atoms with Crippen LogP contribution in [-0.4, -0.2) is 51.5 Å². The molecule has 1 rings (SSSR count). The van der Waals surface area contributed by atoms with E-state index < -0.39 is 24.5 Å². The van der Waals surface area contributed by atoms with Gasteiger partial charge in [-0.3, -0.25) is 5.32 Å². The van der Waals surface area contributed by atoms with Crippen LogP contribution in [-0.2, 0) is 0 Å². The Bertz CT molecular complexity index is 111. The number of nitrogens with one attached hydrogen (secondary N) is 1. The quantitative estimate of drug-likeness (QED) is 0.286. The first-order valence-electron chi connectivity index (χ1n) is 3.08. The van der Waals surface area contributed by atoms with Crippen LogP contribution in [0.5, 0.6) is 0 Å². The number of halogens is 1. The molecule has 68 valence electrons. The Balaban J connectivity index is 0.000001000. The zero-order chi connectivity index (χ0) is 7.72. The highest BCUT2D eigenvalue weighted by molar-refractivity contribution is 5.85. The number of hydrogen-bond donors (Lipinski definition) is 5. The normalized spacial score (nSPS) is 44.7.